The van der Waals surface area contributed by atoms with Crippen molar-refractivity contribution in [3.63, 3.8) is 0 Å². The molecular weight excluding hydrogens is 442 g/mol. The Morgan fingerprint density at radius 1 is 0.875 bits per heavy atom. The van der Waals surface area contributed by atoms with E-state index in [1.165, 1.54) is 39.8 Å². The number of carbonyl (C=O) groups is 1. The molecule has 2 aromatic carbocycles. The maximum absolute atomic E-state index is 13.2. The highest BCUT2D eigenvalue weighted by Crippen LogP contribution is 2.38. The first-order valence-corrected chi connectivity index (χ1v) is 13.0. The Balaban J connectivity index is 1.42. The third kappa shape index (κ3) is 5.14. The lowest BCUT2D eigenvalue weighted by molar-refractivity contribution is 0.262. The van der Waals surface area contributed by atoms with E-state index in [1.807, 2.05) is 24.3 Å². The van der Waals surface area contributed by atoms with Crippen molar-refractivity contribution in [1.82, 2.24) is 0 Å². The molecule has 4 rings (SSSR count). The van der Waals surface area contributed by atoms with Gasteiger partial charge < -0.3 is 10.6 Å². The first-order chi connectivity index (χ1) is 15.4. The van der Waals surface area contributed by atoms with E-state index >= 15 is 0 Å². The SMILES string of the molecule is CN(c1ccc(NC(=O)Nc2ccccc2)cc1)S(=O)(=O)c1ccc(C2CCCCC2)s1. The van der Waals surface area contributed by atoms with Crippen LogP contribution in [0.4, 0.5) is 21.9 Å². The van der Waals surface area contributed by atoms with E-state index in [1.54, 1.807) is 49.5 Å². The number of nitrogens with zero attached hydrogens (tertiary/aromatic N) is 1. The third-order valence-electron chi connectivity index (χ3n) is 5.74. The van der Waals surface area contributed by atoms with E-state index < -0.39 is 10.0 Å². The van der Waals surface area contributed by atoms with Crippen LogP contribution in [0.2, 0.25) is 0 Å². The maximum atomic E-state index is 13.2. The predicted octanol–water partition coefficient (Wildman–Crippen LogP) is 6.26. The molecule has 1 saturated carbocycles. The normalized spacial score (nSPS) is 14.7. The van der Waals surface area contributed by atoms with Gasteiger partial charge in [-0.1, -0.05) is 37.5 Å². The Morgan fingerprint density at radius 2 is 1.50 bits per heavy atom. The number of carbonyl (C=O) groups excluding carboxylic acids is 1. The molecule has 0 atom stereocenters. The van der Waals surface area contributed by atoms with Gasteiger partial charge in [-0.3, -0.25) is 4.31 Å². The van der Waals surface area contributed by atoms with E-state index in [4.69, 9.17) is 0 Å². The number of benzene rings is 2. The smallest absolute Gasteiger partial charge is 0.308 e. The van der Waals surface area contributed by atoms with Crippen LogP contribution in [0.15, 0.2) is 70.9 Å². The third-order valence-corrected chi connectivity index (χ3v) is 9.25. The highest BCUT2D eigenvalue weighted by Gasteiger charge is 2.25. The van der Waals surface area contributed by atoms with Crippen LogP contribution < -0.4 is 14.9 Å². The fourth-order valence-corrected chi connectivity index (χ4v) is 6.78. The van der Waals surface area contributed by atoms with Gasteiger partial charge in [0.15, 0.2) is 0 Å². The molecule has 1 heterocycles. The molecule has 0 bridgehead atoms. The molecular formula is C24H27N3O3S2. The summed E-state index contributed by atoms with van der Waals surface area (Å²) in [4.78, 5) is 13.3. The minimum absolute atomic E-state index is 0.362. The average molecular weight is 470 g/mol. The lowest BCUT2D eigenvalue weighted by Gasteiger charge is -2.20. The number of anilines is 3. The minimum atomic E-state index is -3.63. The molecule has 0 unspecified atom stereocenters. The second kappa shape index (κ2) is 9.75. The topological polar surface area (TPSA) is 78.5 Å². The summed E-state index contributed by atoms with van der Waals surface area (Å²) in [5.41, 5.74) is 1.80. The molecule has 1 aliphatic carbocycles. The van der Waals surface area contributed by atoms with Gasteiger partial charge in [-0.05, 0) is 67.3 Å². The number of nitrogens with one attached hydrogen (secondary N) is 2. The standard InChI is InChI=1S/C24H27N3O3S2/c1-27(32(29,30)23-17-16-22(31-23)18-8-4-2-5-9-18)21-14-12-20(13-15-21)26-24(28)25-19-10-6-3-7-11-19/h3,6-7,10-18H,2,4-5,8-9H2,1H3,(H2,25,26,28). The number of rotatable bonds is 6. The Hall–Kier alpha value is -2.84. The fraction of sp³-hybridized carbons (Fsp3) is 0.292. The first-order valence-electron chi connectivity index (χ1n) is 10.8. The van der Waals surface area contributed by atoms with Crippen molar-refractivity contribution in [1.29, 1.82) is 0 Å². The quantitative estimate of drug-likeness (QED) is 0.447. The molecule has 0 spiro atoms. The van der Waals surface area contributed by atoms with Crippen molar-refractivity contribution in [3.8, 4) is 0 Å². The summed E-state index contributed by atoms with van der Waals surface area (Å²) in [5, 5.41) is 5.50. The number of para-hydroxylation sites is 1. The van der Waals surface area contributed by atoms with E-state index in [0.29, 0.717) is 27.2 Å². The van der Waals surface area contributed by atoms with E-state index in [2.05, 4.69) is 10.6 Å². The van der Waals surface area contributed by atoms with E-state index in [0.717, 1.165) is 12.8 Å². The summed E-state index contributed by atoms with van der Waals surface area (Å²) in [5.74, 6) is 0.482. The maximum Gasteiger partial charge on any atom is 0.323 e. The lowest BCUT2D eigenvalue weighted by Crippen LogP contribution is -2.25. The van der Waals surface area contributed by atoms with Crippen LogP contribution in [0.5, 0.6) is 0 Å². The van der Waals surface area contributed by atoms with Gasteiger partial charge in [0.05, 0.1) is 5.69 Å². The number of amides is 2. The van der Waals surface area contributed by atoms with Crippen LogP contribution in [-0.2, 0) is 10.0 Å². The summed E-state index contributed by atoms with van der Waals surface area (Å²) in [6.07, 6.45) is 5.99. The number of sulfonamides is 1. The second-order valence-corrected chi connectivity index (χ2v) is 11.3. The van der Waals surface area contributed by atoms with Crippen LogP contribution >= 0.6 is 11.3 Å². The largest absolute Gasteiger partial charge is 0.323 e. The average Bonchev–Trinajstić information content (AvgIpc) is 3.32. The second-order valence-electron chi connectivity index (χ2n) is 7.96. The first kappa shape index (κ1) is 22.4. The molecule has 1 aromatic heterocycles. The summed E-state index contributed by atoms with van der Waals surface area (Å²) >= 11 is 1.39. The van der Waals surface area contributed by atoms with Crippen molar-refractivity contribution in [2.75, 3.05) is 22.0 Å². The molecule has 6 nitrogen and oxygen atoms in total. The Morgan fingerprint density at radius 3 is 2.16 bits per heavy atom. The monoisotopic (exact) mass is 469 g/mol. The van der Waals surface area contributed by atoms with Crippen LogP contribution in [-0.4, -0.2) is 21.5 Å². The Kier molecular flexibility index (Phi) is 6.81. The van der Waals surface area contributed by atoms with Crippen molar-refractivity contribution in [3.05, 3.63) is 71.6 Å². The molecule has 0 aliphatic heterocycles. The van der Waals surface area contributed by atoms with Crippen LogP contribution in [0.1, 0.15) is 42.9 Å². The number of thiophene rings is 1. The predicted molar refractivity (Wildman–Crippen MR) is 131 cm³/mol. The minimum Gasteiger partial charge on any atom is -0.308 e. The van der Waals surface area contributed by atoms with Crippen LogP contribution in [0.25, 0.3) is 0 Å². The molecule has 3 aromatic rings. The van der Waals surface area contributed by atoms with Gasteiger partial charge in [0.25, 0.3) is 10.0 Å². The van der Waals surface area contributed by atoms with Gasteiger partial charge in [-0.25, -0.2) is 13.2 Å². The zero-order valence-electron chi connectivity index (χ0n) is 18.0. The van der Waals surface area contributed by atoms with E-state index in [-0.39, 0.29) is 6.03 Å². The number of urea groups is 1. The molecule has 1 aliphatic rings. The van der Waals surface area contributed by atoms with Gasteiger partial charge in [-0.2, -0.15) is 0 Å². The van der Waals surface area contributed by atoms with E-state index in [9.17, 15) is 13.2 Å². The van der Waals surface area contributed by atoms with Crippen molar-refractivity contribution < 1.29 is 13.2 Å². The van der Waals surface area contributed by atoms with Gasteiger partial charge >= 0.3 is 6.03 Å². The number of hydrogen-bond donors (Lipinski definition) is 2. The van der Waals surface area contributed by atoms with Crippen LogP contribution in [0.3, 0.4) is 0 Å². The molecule has 1 fully saturated rings. The van der Waals surface area contributed by atoms with Crippen molar-refractivity contribution >= 4 is 44.5 Å². The molecule has 0 radical (unpaired) electrons. The van der Waals surface area contributed by atoms with Crippen LogP contribution in [0, 0.1) is 0 Å². The highest BCUT2D eigenvalue weighted by atomic mass is 32.2. The van der Waals surface area contributed by atoms with Gasteiger partial charge in [-0.15, -0.1) is 11.3 Å². The molecule has 168 valence electrons. The fourth-order valence-electron chi connectivity index (χ4n) is 3.92. The van der Waals surface area contributed by atoms with Gasteiger partial charge in [0.2, 0.25) is 0 Å². The van der Waals surface area contributed by atoms with Crippen molar-refractivity contribution in [2.45, 2.75) is 42.2 Å². The summed E-state index contributed by atoms with van der Waals surface area (Å²) < 4.78 is 28.0. The zero-order valence-corrected chi connectivity index (χ0v) is 19.6. The Bertz CT molecular complexity index is 1150. The Labute approximate surface area is 193 Å². The highest BCUT2D eigenvalue weighted by molar-refractivity contribution is 7.94. The van der Waals surface area contributed by atoms with Gasteiger partial charge in [0, 0.05) is 23.3 Å². The summed E-state index contributed by atoms with van der Waals surface area (Å²) in [6.45, 7) is 0. The summed E-state index contributed by atoms with van der Waals surface area (Å²) in [6, 6.07) is 19.2. The molecule has 2 amide bonds. The summed E-state index contributed by atoms with van der Waals surface area (Å²) in [7, 11) is -2.08. The zero-order chi connectivity index (χ0) is 22.6. The van der Waals surface area contributed by atoms with Gasteiger partial charge in [0.1, 0.15) is 4.21 Å². The molecule has 32 heavy (non-hydrogen) atoms. The molecule has 0 saturated heterocycles. The number of hydrogen-bond acceptors (Lipinski definition) is 4. The lowest BCUT2D eigenvalue weighted by atomic mass is 9.88. The van der Waals surface area contributed by atoms with Crippen molar-refractivity contribution in [2.24, 2.45) is 0 Å². The molecule has 2 N–H and O–H groups in total. The molecule has 8 heteroatoms.